The van der Waals surface area contributed by atoms with Gasteiger partial charge in [-0.25, -0.2) is 0 Å². The topological polar surface area (TPSA) is 78.6 Å². The van der Waals surface area contributed by atoms with Gasteiger partial charge in [0.2, 0.25) is 0 Å². The Morgan fingerprint density at radius 2 is 2.10 bits per heavy atom. The molecule has 1 aliphatic heterocycles. The summed E-state index contributed by atoms with van der Waals surface area (Å²) >= 11 is 12.3. The van der Waals surface area contributed by atoms with Gasteiger partial charge in [-0.15, -0.1) is 0 Å². The molecule has 1 aromatic carbocycles. The number of aliphatic hydroxyl groups is 1. The number of non-ortho nitro benzene ring substituents is 1. The number of anilines is 1. The Morgan fingerprint density at radius 1 is 1.43 bits per heavy atom. The first-order valence-electron chi connectivity index (χ1n) is 6.75. The van der Waals surface area contributed by atoms with Crippen LogP contribution in [0.4, 0.5) is 11.4 Å². The van der Waals surface area contributed by atoms with Gasteiger partial charge in [-0.1, -0.05) is 23.2 Å². The van der Waals surface area contributed by atoms with Crippen LogP contribution in [0.1, 0.15) is 12.8 Å². The molecule has 1 unspecified atom stereocenters. The highest BCUT2D eigenvalue weighted by Gasteiger charge is 2.23. The van der Waals surface area contributed by atoms with Crippen LogP contribution in [-0.4, -0.2) is 42.3 Å². The summed E-state index contributed by atoms with van der Waals surface area (Å²) in [4.78, 5) is 12.2. The van der Waals surface area contributed by atoms with Crippen LogP contribution in [0, 0.1) is 10.1 Å². The fraction of sp³-hybridized carbons (Fsp3) is 0.538. The Hall–Kier alpha value is -1.08. The number of nitro groups is 1. The summed E-state index contributed by atoms with van der Waals surface area (Å²) in [5.41, 5.74) is 0.392. The minimum Gasteiger partial charge on any atom is -0.395 e. The normalized spacial score (nSPS) is 18.0. The average Bonchev–Trinajstić information content (AvgIpc) is 2.90. The molecule has 1 aliphatic rings. The smallest absolute Gasteiger partial charge is 0.272 e. The van der Waals surface area contributed by atoms with Crippen LogP contribution in [0.15, 0.2) is 12.1 Å². The van der Waals surface area contributed by atoms with Gasteiger partial charge in [0.05, 0.1) is 27.3 Å². The van der Waals surface area contributed by atoms with Gasteiger partial charge in [-0.3, -0.25) is 10.1 Å². The summed E-state index contributed by atoms with van der Waals surface area (Å²) in [6.07, 6.45) is 2.16. The van der Waals surface area contributed by atoms with Crippen molar-refractivity contribution in [3.05, 3.63) is 32.3 Å². The molecule has 6 nitrogen and oxygen atoms in total. The molecular formula is C13H17Cl2N3O3. The molecule has 1 saturated heterocycles. The zero-order valence-corrected chi connectivity index (χ0v) is 12.9. The minimum absolute atomic E-state index is 0.0453. The zero-order valence-electron chi connectivity index (χ0n) is 11.4. The first-order valence-corrected chi connectivity index (χ1v) is 7.51. The van der Waals surface area contributed by atoms with E-state index in [9.17, 15) is 15.2 Å². The molecule has 0 spiro atoms. The fourth-order valence-electron chi connectivity index (χ4n) is 2.55. The van der Waals surface area contributed by atoms with E-state index in [2.05, 4.69) is 5.32 Å². The molecule has 8 heteroatoms. The maximum atomic E-state index is 10.8. The van der Waals surface area contributed by atoms with Gasteiger partial charge in [0.15, 0.2) is 0 Å². The third kappa shape index (κ3) is 3.97. The molecule has 0 aliphatic carbocycles. The van der Waals surface area contributed by atoms with Gasteiger partial charge in [-0.2, -0.15) is 0 Å². The molecule has 0 amide bonds. The van der Waals surface area contributed by atoms with Crippen LogP contribution in [0.25, 0.3) is 0 Å². The van der Waals surface area contributed by atoms with Crippen molar-refractivity contribution in [3.8, 4) is 0 Å². The van der Waals surface area contributed by atoms with Gasteiger partial charge in [0, 0.05) is 31.3 Å². The van der Waals surface area contributed by atoms with Crippen LogP contribution in [0.3, 0.4) is 0 Å². The maximum Gasteiger partial charge on any atom is 0.272 e. The van der Waals surface area contributed by atoms with E-state index in [4.69, 9.17) is 23.2 Å². The third-order valence-electron chi connectivity index (χ3n) is 3.50. The summed E-state index contributed by atoms with van der Waals surface area (Å²) in [5, 5.41) is 23.9. The third-order valence-corrected chi connectivity index (χ3v) is 4.08. The molecule has 0 bridgehead atoms. The van der Waals surface area contributed by atoms with Crippen LogP contribution in [0.2, 0.25) is 10.0 Å². The minimum atomic E-state index is -0.531. The summed E-state index contributed by atoms with van der Waals surface area (Å²) in [5.74, 6) is 0. The van der Waals surface area contributed by atoms with Crippen LogP contribution >= 0.6 is 23.2 Å². The second kappa shape index (κ2) is 7.26. The zero-order chi connectivity index (χ0) is 15.4. The van der Waals surface area contributed by atoms with Gasteiger partial charge in [-0.05, 0) is 19.4 Å². The molecule has 1 fully saturated rings. The van der Waals surface area contributed by atoms with E-state index in [-0.39, 0.29) is 22.3 Å². The number of nitrogens with one attached hydrogen (secondary N) is 1. The monoisotopic (exact) mass is 333 g/mol. The molecule has 1 aromatic rings. The number of rotatable bonds is 6. The highest BCUT2D eigenvalue weighted by molar-refractivity contribution is 6.39. The first kappa shape index (κ1) is 16.3. The van der Waals surface area contributed by atoms with Crippen molar-refractivity contribution in [1.82, 2.24) is 5.32 Å². The second-order valence-electron chi connectivity index (χ2n) is 4.98. The Bertz CT molecular complexity index is 498. The predicted molar refractivity (Wildman–Crippen MR) is 83.4 cm³/mol. The number of nitrogens with zero attached hydrogens (tertiary/aromatic N) is 2. The second-order valence-corrected chi connectivity index (χ2v) is 5.79. The number of benzene rings is 1. The van der Waals surface area contributed by atoms with E-state index >= 15 is 0 Å². The van der Waals surface area contributed by atoms with Gasteiger partial charge < -0.3 is 15.3 Å². The van der Waals surface area contributed by atoms with Gasteiger partial charge in [0.1, 0.15) is 0 Å². The number of hydrogen-bond acceptors (Lipinski definition) is 5. The molecular weight excluding hydrogens is 317 g/mol. The van der Waals surface area contributed by atoms with Gasteiger partial charge >= 0.3 is 0 Å². The largest absolute Gasteiger partial charge is 0.395 e. The van der Waals surface area contributed by atoms with Crippen molar-refractivity contribution in [3.63, 3.8) is 0 Å². The van der Waals surface area contributed by atoms with Crippen molar-refractivity contribution in [1.29, 1.82) is 0 Å². The molecule has 0 saturated carbocycles. The summed E-state index contributed by atoms with van der Waals surface area (Å²) in [6, 6.07) is 2.88. The SMILES string of the molecule is O=[N+]([O-])c1cc(Cl)c(N(CCO)CC2CCCN2)c(Cl)c1. The Labute approximate surface area is 132 Å². The molecule has 21 heavy (non-hydrogen) atoms. The maximum absolute atomic E-state index is 10.8. The van der Waals surface area contributed by atoms with Crippen molar-refractivity contribution >= 4 is 34.6 Å². The van der Waals surface area contributed by atoms with Crippen molar-refractivity contribution in [2.45, 2.75) is 18.9 Å². The number of nitro benzene ring substituents is 1. The Balaban J connectivity index is 2.28. The van der Waals surface area contributed by atoms with E-state index in [1.54, 1.807) is 0 Å². The highest BCUT2D eigenvalue weighted by atomic mass is 35.5. The molecule has 2 N–H and O–H groups in total. The average molecular weight is 334 g/mol. The molecule has 116 valence electrons. The lowest BCUT2D eigenvalue weighted by molar-refractivity contribution is -0.384. The Morgan fingerprint density at radius 3 is 2.57 bits per heavy atom. The van der Waals surface area contributed by atoms with E-state index in [1.807, 2.05) is 4.90 Å². The molecule has 1 heterocycles. The summed E-state index contributed by atoms with van der Waals surface area (Å²) in [7, 11) is 0. The molecule has 1 atom stereocenters. The van der Waals surface area contributed by atoms with E-state index in [0.717, 1.165) is 19.4 Å². The molecule has 2 rings (SSSR count). The van der Waals surface area contributed by atoms with Crippen molar-refractivity contribution < 1.29 is 10.0 Å². The summed E-state index contributed by atoms with van der Waals surface area (Å²) in [6.45, 7) is 1.95. The van der Waals surface area contributed by atoms with Crippen molar-refractivity contribution in [2.75, 3.05) is 31.1 Å². The van der Waals surface area contributed by atoms with Crippen molar-refractivity contribution in [2.24, 2.45) is 0 Å². The number of aliphatic hydroxyl groups excluding tert-OH is 1. The van der Waals surface area contributed by atoms with Crippen LogP contribution in [-0.2, 0) is 0 Å². The fourth-order valence-corrected chi connectivity index (χ4v) is 3.27. The quantitative estimate of drug-likeness (QED) is 0.617. The lowest BCUT2D eigenvalue weighted by Gasteiger charge is -2.28. The first-order chi connectivity index (χ1) is 10.0. The van der Waals surface area contributed by atoms with Crippen LogP contribution in [0.5, 0.6) is 0 Å². The summed E-state index contributed by atoms with van der Waals surface area (Å²) < 4.78 is 0. The lowest BCUT2D eigenvalue weighted by atomic mass is 10.2. The van der Waals surface area contributed by atoms with Gasteiger partial charge in [0.25, 0.3) is 5.69 Å². The molecule has 0 radical (unpaired) electrons. The standard InChI is InChI=1S/C13H17Cl2N3O3/c14-11-6-10(18(20)21)7-12(15)13(11)17(4-5-19)8-9-2-1-3-16-9/h6-7,9,16,19H,1-5,8H2. The molecule has 0 aromatic heterocycles. The number of hydrogen-bond donors (Lipinski definition) is 2. The van der Waals surface area contributed by atoms with Crippen LogP contribution < -0.4 is 10.2 Å². The lowest BCUT2D eigenvalue weighted by Crippen LogP contribution is -2.39. The van der Waals surface area contributed by atoms with E-state index in [0.29, 0.717) is 24.8 Å². The van der Waals surface area contributed by atoms with E-state index < -0.39 is 4.92 Å². The predicted octanol–water partition coefficient (Wildman–Crippen LogP) is 2.45. The highest BCUT2D eigenvalue weighted by Crippen LogP contribution is 2.37. The number of halogens is 2. The van der Waals surface area contributed by atoms with E-state index in [1.165, 1.54) is 12.1 Å². The Kier molecular flexibility index (Phi) is 5.64.